The van der Waals surface area contributed by atoms with Crippen LogP contribution in [0.15, 0.2) is 71.6 Å². The van der Waals surface area contributed by atoms with Crippen LogP contribution < -0.4 is 14.4 Å². The third kappa shape index (κ3) is 4.34. The number of aryl methyl sites for hydroxylation is 3. The number of nitrogens with zero attached hydrogens (tertiary/aromatic N) is 1. The van der Waals surface area contributed by atoms with Gasteiger partial charge >= 0.3 is 0 Å². The molecular weight excluding hydrogens is 424 g/mol. The first kappa shape index (κ1) is 21.9. The Morgan fingerprint density at radius 1 is 1.00 bits per heavy atom. The highest BCUT2D eigenvalue weighted by molar-refractivity contribution is 7.92. The topological polar surface area (TPSA) is 75.7 Å². The van der Waals surface area contributed by atoms with Gasteiger partial charge in [0.2, 0.25) is 0 Å². The van der Waals surface area contributed by atoms with Gasteiger partial charge in [0.25, 0.3) is 15.9 Å². The molecule has 0 bridgehead atoms. The van der Waals surface area contributed by atoms with Crippen LogP contribution in [0.25, 0.3) is 0 Å². The van der Waals surface area contributed by atoms with Crippen molar-refractivity contribution in [3.8, 4) is 5.75 Å². The van der Waals surface area contributed by atoms with Crippen molar-refractivity contribution in [3.05, 3.63) is 83.4 Å². The lowest BCUT2D eigenvalue weighted by Gasteiger charge is -2.35. The van der Waals surface area contributed by atoms with Gasteiger partial charge in [-0.25, -0.2) is 8.42 Å². The molecule has 0 saturated heterocycles. The number of sulfonamides is 1. The molecule has 3 aromatic carbocycles. The molecular formula is C25H26N2O4S. The molecule has 1 amide bonds. The van der Waals surface area contributed by atoms with E-state index in [2.05, 4.69) is 12.2 Å². The Bertz CT molecular complexity index is 1240. The Hall–Kier alpha value is -3.32. The van der Waals surface area contributed by atoms with Crippen molar-refractivity contribution in [2.75, 3.05) is 16.2 Å². The van der Waals surface area contributed by atoms with Crippen molar-refractivity contribution >= 4 is 27.3 Å². The van der Waals surface area contributed by atoms with E-state index >= 15 is 0 Å². The molecule has 0 fully saturated rings. The Morgan fingerprint density at radius 3 is 2.31 bits per heavy atom. The fourth-order valence-electron chi connectivity index (χ4n) is 3.61. The van der Waals surface area contributed by atoms with Gasteiger partial charge in [0, 0.05) is 5.69 Å². The normalized spacial score (nSPS) is 15.6. The number of hydrogen-bond acceptors (Lipinski definition) is 4. The highest BCUT2D eigenvalue weighted by Crippen LogP contribution is 2.38. The van der Waals surface area contributed by atoms with E-state index in [1.165, 1.54) is 4.31 Å². The minimum Gasteiger partial charge on any atom is -0.476 e. The summed E-state index contributed by atoms with van der Waals surface area (Å²) in [6.45, 7) is 5.73. The third-order valence-electron chi connectivity index (χ3n) is 5.52. The number of carbonyl (C=O) groups is 1. The number of ether oxygens (including phenoxy) is 1. The Balaban J connectivity index is 1.66. The fraction of sp³-hybridized carbons (Fsp3) is 0.240. The van der Waals surface area contributed by atoms with Crippen LogP contribution >= 0.6 is 0 Å². The maximum atomic E-state index is 13.5. The maximum Gasteiger partial charge on any atom is 0.267 e. The molecule has 1 heterocycles. The van der Waals surface area contributed by atoms with Gasteiger partial charge in [-0.05, 0) is 67.8 Å². The first-order chi connectivity index (χ1) is 15.3. The number of hydrogen-bond donors (Lipinski definition) is 1. The molecule has 6 nitrogen and oxygen atoms in total. The summed E-state index contributed by atoms with van der Waals surface area (Å²) in [6.07, 6.45) is -0.0857. The van der Waals surface area contributed by atoms with Crippen molar-refractivity contribution < 1.29 is 17.9 Å². The summed E-state index contributed by atoms with van der Waals surface area (Å²) in [6, 6.07) is 19.5. The second-order valence-corrected chi connectivity index (χ2v) is 9.83. The summed E-state index contributed by atoms with van der Waals surface area (Å²) in [5.74, 6) is -0.0288. The second kappa shape index (κ2) is 8.67. The van der Waals surface area contributed by atoms with Crippen LogP contribution in [-0.2, 0) is 21.2 Å². The van der Waals surface area contributed by atoms with Crippen LogP contribution in [0.5, 0.6) is 5.75 Å². The minimum absolute atomic E-state index is 0.120. The number of carbonyl (C=O) groups excluding carboxylic acids is 1. The summed E-state index contributed by atoms with van der Waals surface area (Å²) in [7, 11) is -3.88. The van der Waals surface area contributed by atoms with Gasteiger partial charge in [-0.3, -0.25) is 9.10 Å². The Labute approximate surface area is 188 Å². The first-order valence-corrected chi connectivity index (χ1v) is 12.0. The minimum atomic E-state index is -3.88. The average Bonchev–Trinajstić information content (AvgIpc) is 2.78. The van der Waals surface area contributed by atoms with Crippen LogP contribution in [-0.4, -0.2) is 27.0 Å². The smallest absolute Gasteiger partial charge is 0.267 e. The number of benzene rings is 3. The van der Waals surface area contributed by atoms with E-state index in [1.54, 1.807) is 36.4 Å². The van der Waals surface area contributed by atoms with E-state index < -0.39 is 22.0 Å². The molecule has 0 aromatic heterocycles. The van der Waals surface area contributed by atoms with Gasteiger partial charge in [-0.15, -0.1) is 0 Å². The van der Waals surface area contributed by atoms with Crippen LogP contribution in [0.3, 0.4) is 0 Å². The van der Waals surface area contributed by atoms with Crippen LogP contribution in [0.2, 0.25) is 0 Å². The molecule has 7 heteroatoms. The summed E-state index contributed by atoms with van der Waals surface area (Å²) in [5.41, 5.74) is 4.10. The van der Waals surface area contributed by atoms with Crippen molar-refractivity contribution in [2.24, 2.45) is 0 Å². The molecule has 1 N–H and O–H groups in total. The molecule has 1 atom stereocenters. The summed E-state index contributed by atoms with van der Waals surface area (Å²) in [5, 5.41) is 2.84. The lowest BCUT2D eigenvalue weighted by molar-refractivity contribution is -0.122. The molecule has 0 saturated carbocycles. The van der Waals surface area contributed by atoms with Gasteiger partial charge in [0.15, 0.2) is 6.10 Å². The van der Waals surface area contributed by atoms with Crippen LogP contribution in [0, 0.1) is 13.8 Å². The second-order valence-electron chi connectivity index (χ2n) is 7.97. The number of nitrogens with one attached hydrogen (secondary N) is 1. The third-order valence-corrected chi connectivity index (χ3v) is 7.31. The summed E-state index contributed by atoms with van der Waals surface area (Å²) >= 11 is 0. The van der Waals surface area contributed by atoms with Crippen molar-refractivity contribution in [1.29, 1.82) is 0 Å². The van der Waals surface area contributed by atoms with Gasteiger partial charge in [-0.2, -0.15) is 0 Å². The van der Waals surface area contributed by atoms with Crippen LogP contribution in [0.1, 0.15) is 23.6 Å². The summed E-state index contributed by atoms with van der Waals surface area (Å²) < 4.78 is 34.2. The van der Waals surface area contributed by atoms with E-state index in [9.17, 15) is 13.2 Å². The molecule has 3 aromatic rings. The first-order valence-electron chi connectivity index (χ1n) is 10.5. The standard InChI is InChI=1S/C25H26N2O4S/c1-4-19-8-10-20(11-9-19)26-25(28)24-16-27(22-14-7-18(3)15-23(22)31-24)32(29,30)21-12-5-17(2)6-13-21/h5-15,24H,4,16H2,1-3H3,(H,26,28)/t24-/m0/s1. The highest BCUT2D eigenvalue weighted by atomic mass is 32.2. The van der Waals surface area contributed by atoms with E-state index in [1.807, 2.05) is 44.2 Å². The van der Waals surface area contributed by atoms with Gasteiger partial charge in [0.05, 0.1) is 17.1 Å². The molecule has 0 unspecified atom stereocenters. The largest absolute Gasteiger partial charge is 0.476 e. The monoisotopic (exact) mass is 450 g/mol. The molecule has 0 radical (unpaired) electrons. The fourth-order valence-corrected chi connectivity index (χ4v) is 5.09. The Kier molecular flexibility index (Phi) is 5.93. The van der Waals surface area contributed by atoms with Crippen molar-refractivity contribution in [2.45, 2.75) is 38.2 Å². The molecule has 4 rings (SSSR count). The zero-order chi connectivity index (χ0) is 22.9. The molecule has 0 spiro atoms. The molecule has 166 valence electrons. The van der Waals surface area contributed by atoms with E-state index in [-0.39, 0.29) is 11.4 Å². The van der Waals surface area contributed by atoms with Gasteiger partial charge in [-0.1, -0.05) is 42.8 Å². The van der Waals surface area contributed by atoms with E-state index in [4.69, 9.17) is 4.74 Å². The van der Waals surface area contributed by atoms with E-state index in [0.29, 0.717) is 17.1 Å². The number of fused-ring (bicyclic) bond motifs is 1. The van der Waals surface area contributed by atoms with Gasteiger partial charge < -0.3 is 10.1 Å². The zero-order valence-corrected chi connectivity index (χ0v) is 19.1. The van der Waals surface area contributed by atoms with Crippen LogP contribution in [0.4, 0.5) is 11.4 Å². The maximum absolute atomic E-state index is 13.5. The van der Waals surface area contributed by atoms with Crippen molar-refractivity contribution in [3.63, 3.8) is 0 Å². The molecule has 32 heavy (non-hydrogen) atoms. The number of rotatable bonds is 5. The Morgan fingerprint density at radius 2 is 1.66 bits per heavy atom. The predicted octanol–water partition coefficient (Wildman–Crippen LogP) is 4.46. The zero-order valence-electron chi connectivity index (χ0n) is 18.3. The number of anilines is 2. The average molecular weight is 451 g/mol. The number of amides is 1. The lowest BCUT2D eigenvalue weighted by Crippen LogP contribution is -2.48. The SMILES string of the molecule is CCc1ccc(NC(=O)[C@@H]2CN(S(=O)(=O)c3ccc(C)cc3)c3ccc(C)cc3O2)cc1. The van der Waals surface area contributed by atoms with E-state index in [0.717, 1.165) is 23.1 Å². The highest BCUT2D eigenvalue weighted by Gasteiger charge is 2.37. The lowest BCUT2D eigenvalue weighted by atomic mass is 10.1. The molecule has 1 aliphatic heterocycles. The summed E-state index contributed by atoms with van der Waals surface area (Å²) in [4.78, 5) is 13.2. The molecule has 1 aliphatic rings. The predicted molar refractivity (Wildman–Crippen MR) is 126 cm³/mol. The van der Waals surface area contributed by atoms with Gasteiger partial charge in [0.1, 0.15) is 5.75 Å². The van der Waals surface area contributed by atoms with Crippen molar-refractivity contribution in [1.82, 2.24) is 0 Å². The molecule has 0 aliphatic carbocycles. The quantitative estimate of drug-likeness (QED) is 0.623.